The van der Waals surface area contributed by atoms with Gasteiger partial charge in [-0.05, 0) is 47.2 Å². The number of nitrogens with two attached hydrogens (primary N) is 1. The minimum Gasteiger partial charge on any atom is -0.321 e. The Kier molecular flexibility index (Phi) is 4.91. The predicted molar refractivity (Wildman–Crippen MR) is 81.8 cm³/mol. The van der Waals surface area contributed by atoms with Crippen LogP contribution >= 0.6 is 27.5 Å². The Morgan fingerprint density at radius 3 is 2.84 bits per heavy atom. The lowest BCUT2D eigenvalue weighted by Gasteiger charge is -2.29. The molecule has 2 N–H and O–H groups in total. The maximum atomic E-state index is 14.4. The largest absolute Gasteiger partial charge is 0.321 e. The van der Waals surface area contributed by atoms with Gasteiger partial charge in [-0.2, -0.15) is 0 Å². The third-order valence-electron chi connectivity index (χ3n) is 4.38. The van der Waals surface area contributed by atoms with Crippen LogP contribution in [0.1, 0.15) is 51.0 Å². The topological polar surface area (TPSA) is 26.0 Å². The summed E-state index contributed by atoms with van der Waals surface area (Å²) in [5.41, 5.74) is 6.50. The monoisotopic (exact) mass is 347 g/mol. The third kappa shape index (κ3) is 3.14. The average molecular weight is 349 g/mol. The van der Waals surface area contributed by atoms with Gasteiger partial charge in [-0.3, -0.25) is 0 Å². The lowest BCUT2D eigenvalue weighted by Crippen LogP contribution is -2.37. The Balaban J connectivity index is 2.32. The van der Waals surface area contributed by atoms with Crippen molar-refractivity contribution in [2.75, 3.05) is 0 Å². The molecule has 0 radical (unpaired) electrons. The second-order valence-corrected chi connectivity index (χ2v) is 6.82. The summed E-state index contributed by atoms with van der Waals surface area (Å²) in [5.74, 6) is 0.355. The van der Waals surface area contributed by atoms with Crippen molar-refractivity contribution in [1.29, 1.82) is 0 Å². The molecule has 2 unspecified atom stereocenters. The van der Waals surface area contributed by atoms with Crippen LogP contribution < -0.4 is 5.73 Å². The van der Waals surface area contributed by atoms with Gasteiger partial charge in [0.25, 0.3) is 0 Å². The summed E-state index contributed by atoms with van der Waals surface area (Å²) in [6.07, 6.45) is 6.17. The predicted octanol–water partition coefficient (Wildman–Crippen LogP) is 5.39. The fourth-order valence-corrected chi connectivity index (χ4v) is 3.50. The Morgan fingerprint density at radius 1 is 1.42 bits per heavy atom. The van der Waals surface area contributed by atoms with Crippen molar-refractivity contribution < 1.29 is 4.39 Å². The van der Waals surface area contributed by atoms with Crippen molar-refractivity contribution in [3.63, 3.8) is 0 Å². The highest BCUT2D eigenvalue weighted by Gasteiger charge is 2.33. The second kappa shape index (κ2) is 6.11. The van der Waals surface area contributed by atoms with Crippen LogP contribution in [0, 0.1) is 11.7 Å². The van der Waals surface area contributed by atoms with E-state index >= 15 is 0 Å². The van der Waals surface area contributed by atoms with Gasteiger partial charge in [0.1, 0.15) is 5.82 Å². The molecule has 4 heteroatoms. The quantitative estimate of drug-likeness (QED) is 0.563. The normalized spacial score (nSPS) is 28.2. The van der Waals surface area contributed by atoms with Crippen LogP contribution in [0.25, 0.3) is 0 Å². The van der Waals surface area contributed by atoms with Crippen LogP contribution in [-0.4, -0.2) is 0 Å². The highest BCUT2D eigenvalue weighted by atomic mass is 79.9. The summed E-state index contributed by atoms with van der Waals surface area (Å²) < 4.78 is 14.9. The molecule has 0 aromatic heterocycles. The zero-order valence-electron chi connectivity index (χ0n) is 11.2. The summed E-state index contributed by atoms with van der Waals surface area (Å²) in [4.78, 5) is 0. The van der Waals surface area contributed by atoms with E-state index in [0.717, 1.165) is 31.6 Å². The van der Waals surface area contributed by atoms with E-state index < -0.39 is 5.54 Å². The fourth-order valence-electron chi connectivity index (χ4n) is 3.03. The van der Waals surface area contributed by atoms with Gasteiger partial charge in [0, 0.05) is 15.6 Å². The van der Waals surface area contributed by atoms with Crippen LogP contribution in [0.5, 0.6) is 0 Å². The molecule has 1 nitrogen and oxygen atoms in total. The van der Waals surface area contributed by atoms with E-state index in [9.17, 15) is 4.39 Å². The molecule has 19 heavy (non-hydrogen) atoms. The molecule has 1 fully saturated rings. The van der Waals surface area contributed by atoms with E-state index in [1.807, 2.05) is 0 Å². The van der Waals surface area contributed by atoms with Gasteiger partial charge in [0.05, 0.1) is 5.02 Å². The number of benzene rings is 1. The molecule has 2 rings (SSSR count). The zero-order valence-corrected chi connectivity index (χ0v) is 13.5. The van der Waals surface area contributed by atoms with Crippen molar-refractivity contribution in [2.45, 2.75) is 51.0 Å². The molecule has 0 heterocycles. The van der Waals surface area contributed by atoms with Gasteiger partial charge in [-0.25, -0.2) is 4.39 Å². The molecule has 1 aliphatic rings. The van der Waals surface area contributed by atoms with Crippen LogP contribution in [0.4, 0.5) is 4.39 Å². The lowest BCUT2D eigenvalue weighted by molar-refractivity contribution is 0.357. The van der Waals surface area contributed by atoms with Gasteiger partial charge >= 0.3 is 0 Å². The minimum absolute atomic E-state index is 0.138. The lowest BCUT2D eigenvalue weighted by atomic mass is 9.83. The summed E-state index contributed by atoms with van der Waals surface area (Å²) in [5, 5.41) is 0.138. The maximum absolute atomic E-state index is 14.4. The number of halogens is 3. The van der Waals surface area contributed by atoms with Gasteiger partial charge in [0.15, 0.2) is 0 Å². The Morgan fingerprint density at radius 2 is 2.16 bits per heavy atom. The summed E-state index contributed by atoms with van der Waals surface area (Å²) >= 11 is 9.23. The molecule has 2 atom stereocenters. The van der Waals surface area contributed by atoms with Crippen molar-refractivity contribution >= 4 is 27.5 Å². The maximum Gasteiger partial charge on any atom is 0.147 e. The third-order valence-corrected chi connectivity index (χ3v) is 5.64. The summed E-state index contributed by atoms with van der Waals surface area (Å²) in [7, 11) is 0. The molecule has 0 saturated heterocycles. The van der Waals surface area contributed by atoms with Crippen molar-refractivity contribution in [3.8, 4) is 0 Å². The molecule has 0 bridgehead atoms. The molecule has 1 saturated carbocycles. The molecule has 106 valence electrons. The molecule has 1 aromatic carbocycles. The Bertz CT molecular complexity index is 466. The highest BCUT2D eigenvalue weighted by Crippen LogP contribution is 2.40. The fraction of sp³-hybridized carbons (Fsp3) is 0.600. The standard InChI is InChI=1S/C15H20BrClFN/c1-2-10-4-3-8-15(19,9-7-10)11-5-6-12(16)13(17)14(11)18/h5-6,10H,2-4,7-9,19H2,1H3. The van der Waals surface area contributed by atoms with Gasteiger partial charge in [0.2, 0.25) is 0 Å². The number of hydrogen-bond acceptors (Lipinski definition) is 1. The number of rotatable bonds is 2. The smallest absolute Gasteiger partial charge is 0.147 e. The Labute approximate surface area is 127 Å². The number of hydrogen-bond donors (Lipinski definition) is 1. The summed E-state index contributed by atoms with van der Waals surface area (Å²) in [6.45, 7) is 2.21. The molecular formula is C15H20BrClFN. The molecule has 0 amide bonds. The van der Waals surface area contributed by atoms with Crippen LogP contribution in [-0.2, 0) is 5.54 Å². The first-order valence-corrected chi connectivity index (χ1v) is 8.08. The van der Waals surface area contributed by atoms with Crippen LogP contribution in [0.15, 0.2) is 16.6 Å². The van der Waals surface area contributed by atoms with Crippen LogP contribution in [0.2, 0.25) is 5.02 Å². The first-order valence-electron chi connectivity index (χ1n) is 6.91. The molecule has 0 spiro atoms. The SMILES string of the molecule is CCC1CCCC(N)(c2ccc(Br)c(Cl)c2F)CC1. The molecular weight excluding hydrogens is 329 g/mol. The second-order valence-electron chi connectivity index (χ2n) is 5.58. The van der Waals surface area contributed by atoms with Gasteiger partial charge < -0.3 is 5.73 Å². The highest BCUT2D eigenvalue weighted by molar-refractivity contribution is 9.10. The average Bonchev–Trinajstić information content (AvgIpc) is 2.58. The van der Waals surface area contributed by atoms with Crippen LogP contribution in [0.3, 0.4) is 0 Å². The molecule has 1 aliphatic carbocycles. The first-order chi connectivity index (χ1) is 8.98. The van der Waals surface area contributed by atoms with E-state index in [1.165, 1.54) is 12.8 Å². The van der Waals surface area contributed by atoms with E-state index in [1.54, 1.807) is 12.1 Å². The van der Waals surface area contributed by atoms with E-state index in [2.05, 4.69) is 22.9 Å². The van der Waals surface area contributed by atoms with E-state index in [-0.39, 0.29) is 10.8 Å². The minimum atomic E-state index is -0.571. The first kappa shape index (κ1) is 15.3. The van der Waals surface area contributed by atoms with E-state index in [4.69, 9.17) is 17.3 Å². The van der Waals surface area contributed by atoms with Gasteiger partial charge in [-0.1, -0.05) is 43.9 Å². The molecule has 1 aromatic rings. The Hall–Kier alpha value is -0.120. The summed E-state index contributed by atoms with van der Waals surface area (Å²) in [6, 6.07) is 3.56. The van der Waals surface area contributed by atoms with E-state index in [0.29, 0.717) is 10.0 Å². The van der Waals surface area contributed by atoms with Crippen molar-refractivity contribution in [2.24, 2.45) is 11.7 Å². The molecule has 0 aliphatic heterocycles. The zero-order chi connectivity index (χ0) is 14.0. The van der Waals surface area contributed by atoms with Crippen molar-refractivity contribution in [1.82, 2.24) is 0 Å². The van der Waals surface area contributed by atoms with Crippen molar-refractivity contribution in [3.05, 3.63) is 33.0 Å². The van der Waals surface area contributed by atoms with Gasteiger partial charge in [-0.15, -0.1) is 0 Å².